The highest BCUT2D eigenvalue weighted by molar-refractivity contribution is 5.99. The molecule has 0 aromatic heterocycles. The summed E-state index contributed by atoms with van der Waals surface area (Å²) in [6, 6.07) is 7.36. The van der Waals surface area contributed by atoms with E-state index in [9.17, 15) is 4.79 Å². The van der Waals surface area contributed by atoms with Gasteiger partial charge in [-0.25, -0.2) is 0 Å². The molecule has 1 aromatic rings. The summed E-state index contributed by atoms with van der Waals surface area (Å²) < 4.78 is 0. The zero-order valence-corrected chi connectivity index (χ0v) is 10.1. The van der Waals surface area contributed by atoms with Gasteiger partial charge in [0.05, 0.1) is 11.3 Å². The SMILES string of the molecule is CC1CCCN(C(=O)c2ccccc2NN)C1. The van der Waals surface area contributed by atoms with Crippen LogP contribution in [0.1, 0.15) is 30.1 Å². The Balaban J connectivity index is 2.18. The number of benzene rings is 1. The molecular formula is C13H19N3O. The molecule has 4 heteroatoms. The van der Waals surface area contributed by atoms with Crippen LogP contribution in [0.3, 0.4) is 0 Å². The Kier molecular flexibility index (Phi) is 3.64. The molecule has 2 rings (SSSR count). The third-order valence-electron chi connectivity index (χ3n) is 3.26. The van der Waals surface area contributed by atoms with E-state index >= 15 is 0 Å². The van der Waals surface area contributed by atoms with Crippen LogP contribution in [0.5, 0.6) is 0 Å². The summed E-state index contributed by atoms with van der Waals surface area (Å²) in [7, 11) is 0. The van der Waals surface area contributed by atoms with Gasteiger partial charge in [-0.2, -0.15) is 0 Å². The molecule has 1 heterocycles. The van der Waals surface area contributed by atoms with Crippen molar-refractivity contribution in [1.29, 1.82) is 0 Å². The molecule has 1 unspecified atom stereocenters. The van der Waals surface area contributed by atoms with E-state index in [0.717, 1.165) is 19.5 Å². The smallest absolute Gasteiger partial charge is 0.256 e. The minimum Gasteiger partial charge on any atom is -0.338 e. The number of rotatable bonds is 2. The highest BCUT2D eigenvalue weighted by Crippen LogP contribution is 2.21. The average molecular weight is 233 g/mol. The summed E-state index contributed by atoms with van der Waals surface area (Å²) >= 11 is 0. The van der Waals surface area contributed by atoms with Crippen molar-refractivity contribution in [1.82, 2.24) is 4.90 Å². The summed E-state index contributed by atoms with van der Waals surface area (Å²) in [6.45, 7) is 3.88. The van der Waals surface area contributed by atoms with E-state index in [1.165, 1.54) is 6.42 Å². The molecule has 0 saturated carbocycles. The molecule has 92 valence electrons. The number of nitrogens with one attached hydrogen (secondary N) is 1. The minimum atomic E-state index is 0.0742. The lowest BCUT2D eigenvalue weighted by molar-refractivity contribution is 0.0684. The first kappa shape index (κ1) is 11.9. The van der Waals surface area contributed by atoms with E-state index in [2.05, 4.69) is 12.3 Å². The molecule has 0 spiro atoms. The highest BCUT2D eigenvalue weighted by atomic mass is 16.2. The van der Waals surface area contributed by atoms with Crippen molar-refractivity contribution >= 4 is 11.6 Å². The van der Waals surface area contributed by atoms with Crippen LogP contribution in [0.4, 0.5) is 5.69 Å². The minimum absolute atomic E-state index is 0.0742. The Hall–Kier alpha value is -1.55. The van der Waals surface area contributed by atoms with E-state index in [4.69, 9.17) is 5.84 Å². The summed E-state index contributed by atoms with van der Waals surface area (Å²) in [4.78, 5) is 14.3. The second-order valence-corrected chi connectivity index (χ2v) is 4.69. The second kappa shape index (κ2) is 5.19. The molecule has 1 aliphatic rings. The van der Waals surface area contributed by atoms with Crippen LogP contribution in [0.2, 0.25) is 0 Å². The van der Waals surface area contributed by atoms with Crippen molar-refractivity contribution in [2.45, 2.75) is 19.8 Å². The van der Waals surface area contributed by atoms with Gasteiger partial charge in [0.1, 0.15) is 0 Å². The average Bonchev–Trinajstić information content (AvgIpc) is 2.38. The Bertz CT molecular complexity index is 405. The lowest BCUT2D eigenvalue weighted by Crippen LogP contribution is -2.39. The van der Waals surface area contributed by atoms with Crippen LogP contribution >= 0.6 is 0 Å². The molecule has 0 radical (unpaired) electrons. The van der Waals surface area contributed by atoms with Gasteiger partial charge in [0.2, 0.25) is 0 Å². The lowest BCUT2D eigenvalue weighted by Gasteiger charge is -2.31. The molecule has 1 aromatic carbocycles. The summed E-state index contributed by atoms with van der Waals surface area (Å²) in [5.74, 6) is 6.09. The number of nitrogens with two attached hydrogens (primary N) is 1. The van der Waals surface area contributed by atoms with Crippen LogP contribution in [0.25, 0.3) is 0 Å². The van der Waals surface area contributed by atoms with Crippen LogP contribution in [-0.2, 0) is 0 Å². The number of likely N-dealkylation sites (tertiary alicyclic amines) is 1. The van der Waals surface area contributed by atoms with E-state index in [1.54, 1.807) is 0 Å². The Morgan fingerprint density at radius 3 is 2.94 bits per heavy atom. The number of hydrazine groups is 1. The van der Waals surface area contributed by atoms with Crippen molar-refractivity contribution in [3.63, 3.8) is 0 Å². The maximum Gasteiger partial charge on any atom is 0.256 e. The standard InChI is InChI=1S/C13H19N3O/c1-10-5-4-8-16(9-10)13(17)11-6-2-3-7-12(11)15-14/h2-3,6-7,10,15H,4-5,8-9,14H2,1H3. The van der Waals surface area contributed by atoms with Gasteiger partial charge in [0.15, 0.2) is 0 Å². The van der Waals surface area contributed by atoms with Crippen molar-refractivity contribution in [3.8, 4) is 0 Å². The quantitative estimate of drug-likeness (QED) is 0.605. The predicted molar refractivity (Wildman–Crippen MR) is 68.6 cm³/mol. The predicted octanol–water partition coefficient (Wildman–Crippen LogP) is 1.84. The van der Waals surface area contributed by atoms with Gasteiger partial charge in [-0.05, 0) is 30.9 Å². The van der Waals surface area contributed by atoms with Gasteiger partial charge in [-0.3, -0.25) is 10.6 Å². The van der Waals surface area contributed by atoms with Gasteiger partial charge < -0.3 is 10.3 Å². The van der Waals surface area contributed by atoms with Gasteiger partial charge >= 0.3 is 0 Å². The Morgan fingerprint density at radius 2 is 2.24 bits per heavy atom. The van der Waals surface area contributed by atoms with E-state index < -0.39 is 0 Å². The van der Waals surface area contributed by atoms with Crippen LogP contribution < -0.4 is 11.3 Å². The topological polar surface area (TPSA) is 58.4 Å². The van der Waals surface area contributed by atoms with Crippen LogP contribution in [0, 0.1) is 5.92 Å². The summed E-state index contributed by atoms with van der Waals surface area (Å²) in [5.41, 5.74) is 3.93. The molecular weight excluding hydrogens is 214 g/mol. The molecule has 17 heavy (non-hydrogen) atoms. The van der Waals surface area contributed by atoms with Crippen LogP contribution in [0.15, 0.2) is 24.3 Å². The lowest BCUT2D eigenvalue weighted by atomic mass is 9.99. The summed E-state index contributed by atoms with van der Waals surface area (Å²) in [6.07, 6.45) is 2.30. The number of carbonyl (C=O) groups is 1. The van der Waals surface area contributed by atoms with E-state index in [1.807, 2.05) is 29.2 Å². The molecule has 1 amide bonds. The summed E-state index contributed by atoms with van der Waals surface area (Å²) in [5, 5.41) is 0. The molecule has 4 nitrogen and oxygen atoms in total. The highest BCUT2D eigenvalue weighted by Gasteiger charge is 2.23. The van der Waals surface area contributed by atoms with Gasteiger partial charge in [-0.1, -0.05) is 19.1 Å². The molecule has 0 bridgehead atoms. The van der Waals surface area contributed by atoms with E-state index in [0.29, 0.717) is 17.2 Å². The van der Waals surface area contributed by atoms with Crippen molar-refractivity contribution in [2.24, 2.45) is 11.8 Å². The van der Waals surface area contributed by atoms with Crippen molar-refractivity contribution in [2.75, 3.05) is 18.5 Å². The van der Waals surface area contributed by atoms with Crippen molar-refractivity contribution < 1.29 is 4.79 Å². The number of nitrogens with zero attached hydrogens (tertiary/aromatic N) is 1. The normalized spacial score (nSPS) is 20.1. The first-order chi connectivity index (χ1) is 8.22. The number of para-hydroxylation sites is 1. The number of carbonyl (C=O) groups excluding carboxylic acids is 1. The maximum atomic E-state index is 12.4. The fourth-order valence-corrected chi connectivity index (χ4v) is 2.34. The number of piperidine rings is 1. The fraction of sp³-hybridized carbons (Fsp3) is 0.462. The monoisotopic (exact) mass is 233 g/mol. The largest absolute Gasteiger partial charge is 0.338 e. The number of anilines is 1. The second-order valence-electron chi connectivity index (χ2n) is 4.69. The Morgan fingerprint density at radius 1 is 1.47 bits per heavy atom. The number of hydrogen-bond donors (Lipinski definition) is 2. The van der Waals surface area contributed by atoms with Crippen molar-refractivity contribution in [3.05, 3.63) is 29.8 Å². The fourth-order valence-electron chi connectivity index (χ4n) is 2.34. The molecule has 0 aliphatic carbocycles. The Labute approximate surface area is 102 Å². The van der Waals surface area contributed by atoms with Gasteiger partial charge in [-0.15, -0.1) is 0 Å². The third kappa shape index (κ3) is 2.58. The first-order valence-electron chi connectivity index (χ1n) is 6.07. The number of amides is 1. The molecule has 1 atom stereocenters. The number of hydrogen-bond acceptors (Lipinski definition) is 3. The van der Waals surface area contributed by atoms with Crippen LogP contribution in [-0.4, -0.2) is 23.9 Å². The zero-order chi connectivity index (χ0) is 12.3. The number of nitrogen functional groups attached to an aromatic ring is 1. The van der Waals surface area contributed by atoms with Gasteiger partial charge in [0, 0.05) is 13.1 Å². The molecule has 1 fully saturated rings. The van der Waals surface area contributed by atoms with Gasteiger partial charge in [0.25, 0.3) is 5.91 Å². The molecule has 1 aliphatic heterocycles. The maximum absolute atomic E-state index is 12.4. The zero-order valence-electron chi connectivity index (χ0n) is 10.1. The first-order valence-corrected chi connectivity index (χ1v) is 6.07. The van der Waals surface area contributed by atoms with E-state index in [-0.39, 0.29) is 5.91 Å². The molecule has 3 N–H and O–H groups in total. The molecule has 1 saturated heterocycles. The third-order valence-corrected chi connectivity index (χ3v) is 3.26.